The van der Waals surface area contributed by atoms with Gasteiger partial charge in [-0.3, -0.25) is 4.79 Å². The van der Waals surface area contributed by atoms with Crippen molar-refractivity contribution in [3.05, 3.63) is 29.6 Å². The van der Waals surface area contributed by atoms with Crippen molar-refractivity contribution in [2.75, 3.05) is 13.1 Å². The molecule has 1 spiro atoms. The molecule has 1 unspecified atom stereocenters. The number of Topliss-reactive ketones (excluding diaryl/α,β-unsaturated/α-hetero) is 1. The zero-order valence-corrected chi connectivity index (χ0v) is 12.8. The Labute approximate surface area is 124 Å². The van der Waals surface area contributed by atoms with E-state index in [1.807, 2.05) is 0 Å². The van der Waals surface area contributed by atoms with Crippen LogP contribution in [0.4, 0.5) is 4.39 Å². The lowest BCUT2D eigenvalue weighted by Crippen LogP contribution is -2.59. The molecule has 0 saturated carbocycles. The molecule has 4 heteroatoms. The van der Waals surface area contributed by atoms with E-state index in [4.69, 9.17) is 4.74 Å². The molecule has 2 heterocycles. The maximum absolute atomic E-state index is 13.5. The first-order valence-electron chi connectivity index (χ1n) is 7.57. The van der Waals surface area contributed by atoms with Crippen LogP contribution in [0.1, 0.15) is 44.0 Å². The zero-order valence-electron chi connectivity index (χ0n) is 12.8. The second-order valence-corrected chi connectivity index (χ2v) is 7.22. The Morgan fingerprint density at radius 1 is 1.29 bits per heavy atom. The van der Waals surface area contributed by atoms with Crippen molar-refractivity contribution in [1.29, 1.82) is 0 Å². The highest BCUT2D eigenvalue weighted by Gasteiger charge is 2.54. The van der Waals surface area contributed by atoms with E-state index < -0.39 is 5.60 Å². The number of carbonyl (C=O) groups excluding carboxylic acids is 1. The lowest BCUT2D eigenvalue weighted by molar-refractivity contribution is -0.0550. The molecule has 2 aliphatic heterocycles. The van der Waals surface area contributed by atoms with Gasteiger partial charge in [-0.2, -0.15) is 0 Å². The standard InChI is InChI=1S/C17H22FNO2/c1-16(2,3)15-14(20)12-5-4-11(18)10-13(12)21-17(15)6-8-19-9-7-17/h4-5,10,15,19H,6-9H2,1-3H3. The van der Waals surface area contributed by atoms with Gasteiger partial charge in [-0.25, -0.2) is 4.39 Å². The van der Waals surface area contributed by atoms with Crippen LogP contribution in [0.25, 0.3) is 0 Å². The summed E-state index contributed by atoms with van der Waals surface area (Å²) in [7, 11) is 0. The van der Waals surface area contributed by atoms with Gasteiger partial charge in [0.05, 0.1) is 11.5 Å². The summed E-state index contributed by atoms with van der Waals surface area (Å²) in [4.78, 5) is 13.0. The quantitative estimate of drug-likeness (QED) is 0.798. The molecule has 0 radical (unpaired) electrons. The van der Waals surface area contributed by atoms with E-state index in [1.54, 1.807) is 6.07 Å². The highest BCUT2D eigenvalue weighted by atomic mass is 19.1. The topological polar surface area (TPSA) is 38.3 Å². The highest BCUT2D eigenvalue weighted by Crippen LogP contribution is 2.49. The van der Waals surface area contributed by atoms with E-state index in [1.165, 1.54) is 12.1 Å². The third-order valence-corrected chi connectivity index (χ3v) is 4.63. The summed E-state index contributed by atoms with van der Waals surface area (Å²) in [6, 6.07) is 4.23. The van der Waals surface area contributed by atoms with Crippen LogP contribution in [-0.4, -0.2) is 24.5 Å². The number of piperidine rings is 1. The van der Waals surface area contributed by atoms with Crippen LogP contribution in [0.15, 0.2) is 18.2 Å². The third-order valence-electron chi connectivity index (χ3n) is 4.63. The Bertz CT molecular complexity index is 571. The lowest BCUT2D eigenvalue weighted by atomic mass is 9.63. The number of carbonyl (C=O) groups is 1. The van der Waals surface area contributed by atoms with E-state index in [2.05, 4.69) is 26.1 Å². The predicted molar refractivity (Wildman–Crippen MR) is 79.1 cm³/mol. The first-order chi connectivity index (χ1) is 9.83. The average molecular weight is 291 g/mol. The zero-order chi connectivity index (χ0) is 15.3. The molecule has 1 aromatic carbocycles. The Balaban J connectivity index is 2.13. The SMILES string of the molecule is CC(C)(C)C1C(=O)c2ccc(F)cc2OC12CCNCC2. The van der Waals surface area contributed by atoms with Crippen LogP contribution >= 0.6 is 0 Å². The van der Waals surface area contributed by atoms with Gasteiger partial charge in [0.25, 0.3) is 0 Å². The fourth-order valence-corrected chi connectivity index (χ4v) is 3.88. The Morgan fingerprint density at radius 3 is 2.57 bits per heavy atom. The monoisotopic (exact) mass is 291 g/mol. The van der Waals surface area contributed by atoms with E-state index >= 15 is 0 Å². The molecule has 2 aliphatic rings. The normalized spacial score (nSPS) is 24.6. The third kappa shape index (κ3) is 2.35. The second kappa shape index (κ2) is 4.80. The number of hydrogen-bond donors (Lipinski definition) is 1. The second-order valence-electron chi connectivity index (χ2n) is 7.22. The van der Waals surface area contributed by atoms with Crippen molar-refractivity contribution >= 4 is 5.78 Å². The number of ketones is 1. The Kier molecular flexibility index (Phi) is 3.32. The van der Waals surface area contributed by atoms with Gasteiger partial charge < -0.3 is 10.1 Å². The largest absolute Gasteiger partial charge is 0.486 e. The van der Waals surface area contributed by atoms with Gasteiger partial charge >= 0.3 is 0 Å². The van der Waals surface area contributed by atoms with Gasteiger partial charge in [0.1, 0.15) is 17.2 Å². The van der Waals surface area contributed by atoms with E-state index in [0.717, 1.165) is 25.9 Å². The molecular weight excluding hydrogens is 269 g/mol. The van der Waals surface area contributed by atoms with Gasteiger partial charge in [-0.1, -0.05) is 20.8 Å². The van der Waals surface area contributed by atoms with Gasteiger partial charge in [-0.05, 0) is 30.6 Å². The van der Waals surface area contributed by atoms with Crippen molar-refractivity contribution in [2.24, 2.45) is 11.3 Å². The minimum Gasteiger partial charge on any atom is -0.486 e. The van der Waals surface area contributed by atoms with Crippen molar-refractivity contribution in [3.8, 4) is 5.75 Å². The van der Waals surface area contributed by atoms with Crippen molar-refractivity contribution in [3.63, 3.8) is 0 Å². The summed E-state index contributed by atoms with van der Waals surface area (Å²) in [5.74, 6) is -0.0713. The average Bonchev–Trinajstić information content (AvgIpc) is 2.37. The molecule has 0 aliphatic carbocycles. The van der Waals surface area contributed by atoms with Crippen LogP contribution < -0.4 is 10.1 Å². The van der Waals surface area contributed by atoms with Crippen LogP contribution in [-0.2, 0) is 0 Å². The number of halogens is 1. The van der Waals surface area contributed by atoms with Gasteiger partial charge in [0, 0.05) is 18.9 Å². The number of ether oxygens (including phenoxy) is 1. The van der Waals surface area contributed by atoms with Crippen molar-refractivity contribution in [2.45, 2.75) is 39.2 Å². The number of rotatable bonds is 0. The summed E-state index contributed by atoms with van der Waals surface area (Å²) in [5, 5.41) is 3.31. The fourth-order valence-electron chi connectivity index (χ4n) is 3.88. The van der Waals surface area contributed by atoms with Gasteiger partial charge in [0.2, 0.25) is 0 Å². The first kappa shape index (κ1) is 14.5. The van der Waals surface area contributed by atoms with E-state index in [-0.39, 0.29) is 22.9 Å². The maximum Gasteiger partial charge on any atom is 0.174 e. The number of fused-ring (bicyclic) bond motifs is 1. The summed E-state index contributed by atoms with van der Waals surface area (Å²) >= 11 is 0. The van der Waals surface area contributed by atoms with Crippen LogP contribution in [0.3, 0.4) is 0 Å². The Hall–Kier alpha value is -1.42. The molecule has 1 N–H and O–H groups in total. The van der Waals surface area contributed by atoms with E-state index in [9.17, 15) is 9.18 Å². The maximum atomic E-state index is 13.5. The molecule has 1 aromatic rings. The molecule has 0 amide bonds. The highest BCUT2D eigenvalue weighted by molar-refractivity contribution is 6.02. The first-order valence-corrected chi connectivity index (χ1v) is 7.57. The molecule has 114 valence electrons. The molecule has 1 fully saturated rings. The van der Waals surface area contributed by atoms with E-state index in [0.29, 0.717) is 11.3 Å². The number of nitrogens with one attached hydrogen (secondary N) is 1. The predicted octanol–water partition coefficient (Wildman–Crippen LogP) is 3.19. The minimum atomic E-state index is -0.513. The molecule has 3 nitrogen and oxygen atoms in total. The van der Waals surface area contributed by atoms with Crippen molar-refractivity contribution < 1.29 is 13.9 Å². The minimum absolute atomic E-state index is 0.0886. The molecule has 0 aromatic heterocycles. The Morgan fingerprint density at radius 2 is 1.95 bits per heavy atom. The summed E-state index contributed by atoms with van der Waals surface area (Å²) in [5.41, 5.74) is -0.192. The summed E-state index contributed by atoms with van der Waals surface area (Å²) < 4.78 is 19.8. The van der Waals surface area contributed by atoms with Gasteiger partial charge in [0.15, 0.2) is 5.78 Å². The number of hydrogen-bond acceptors (Lipinski definition) is 3. The summed E-state index contributed by atoms with van der Waals surface area (Å²) in [6.45, 7) is 7.89. The number of benzene rings is 1. The van der Waals surface area contributed by atoms with Crippen LogP contribution in [0.5, 0.6) is 5.75 Å². The van der Waals surface area contributed by atoms with Crippen molar-refractivity contribution in [1.82, 2.24) is 5.32 Å². The smallest absolute Gasteiger partial charge is 0.174 e. The van der Waals surface area contributed by atoms with Crippen LogP contribution in [0.2, 0.25) is 0 Å². The molecule has 0 bridgehead atoms. The fraction of sp³-hybridized carbons (Fsp3) is 0.588. The summed E-state index contributed by atoms with van der Waals surface area (Å²) in [6.07, 6.45) is 1.55. The molecule has 21 heavy (non-hydrogen) atoms. The molecule has 1 saturated heterocycles. The van der Waals surface area contributed by atoms with Gasteiger partial charge in [-0.15, -0.1) is 0 Å². The molecular formula is C17H22FNO2. The molecule has 3 rings (SSSR count). The van der Waals surface area contributed by atoms with Crippen LogP contribution in [0, 0.1) is 17.2 Å². The molecule has 1 atom stereocenters. The lowest BCUT2D eigenvalue weighted by Gasteiger charge is -2.50.